The number of nitrogens with zero attached hydrogens (tertiary/aromatic N) is 3. The second-order valence-corrected chi connectivity index (χ2v) is 5.89. The molecule has 1 aliphatic heterocycles. The Kier molecular flexibility index (Phi) is 3.39. The Balaban J connectivity index is 1.93. The van der Waals surface area contributed by atoms with Crippen LogP contribution in [0.3, 0.4) is 0 Å². The minimum atomic E-state index is 0.649. The number of fused-ring (bicyclic) bond motifs is 1. The Morgan fingerprint density at radius 2 is 2.11 bits per heavy atom. The fraction of sp³-hybridized carbons (Fsp3) is 0.667. The number of hydrogen-bond donors (Lipinski definition) is 2. The van der Waals surface area contributed by atoms with Crippen LogP contribution >= 0.6 is 15.9 Å². The molecule has 2 heterocycles. The summed E-state index contributed by atoms with van der Waals surface area (Å²) in [5.74, 6) is 7.94. The lowest BCUT2D eigenvalue weighted by Gasteiger charge is -2.39. The summed E-state index contributed by atoms with van der Waals surface area (Å²) >= 11 is 3.56. The molecule has 2 fully saturated rings. The van der Waals surface area contributed by atoms with E-state index in [0.29, 0.717) is 11.9 Å². The summed E-state index contributed by atoms with van der Waals surface area (Å²) in [4.78, 5) is 11.0. The fourth-order valence-corrected chi connectivity index (χ4v) is 3.93. The Morgan fingerprint density at radius 3 is 2.94 bits per heavy atom. The largest absolute Gasteiger partial charge is 0.352 e. The van der Waals surface area contributed by atoms with Gasteiger partial charge in [-0.2, -0.15) is 0 Å². The molecule has 2 aliphatic rings. The van der Waals surface area contributed by atoms with Crippen LogP contribution in [-0.4, -0.2) is 22.6 Å². The zero-order valence-electron chi connectivity index (χ0n) is 10.3. The highest BCUT2D eigenvalue weighted by Gasteiger charge is 2.36. The predicted octanol–water partition coefficient (Wildman–Crippen LogP) is 2.29. The van der Waals surface area contributed by atoms with Crippen LogP contribution in [0, 0.1) is 5.92 Å². The first-order valence-corrected chi connectivity index (χ1v) is 7.34. The van der Waals surface area contributed by atoms with Crippen LogP contribution in [0.25, 0.3) is 0 Å². The molecule has 2 atom stereocenters. The first-order valence-electron chi connectivity index (χ1n) is 6.55. The Bertz CT molecular complexity index is 438. The van der Waals surface area contributed by atoms with Crippen LogP contribution < -0.4 is 16.2 Å². The molecule has 1 saturated carbocycles. The average Bonchev–Trinajstić information content (AvgIpc) is 2.87. The summed E-state index contributed by atoms with van der Waals surface area (Å²) in [5.41, 5.74) is 2.61. The zero-order valence-corrected chi connectivity index (χ0v) is 11.9. The SMILES string of the molecule is NNc1ncnc(N2CCCC3CCCC32)c1Br. The van der Waals surface area contributed by atoms with Crippen molar-refractivity contribution in [3.05, 3.63) is 10.8 Å². The van der Waals surface area contributed by atoms with Crippen molar-refractivity contribution in [2.75, 3.05) is 16.9 Å². The predicted molar refractivity (Wildman–Crippen MR) is 75.3 cm³/mol. The normalized spacial score (nSPS) is 27.1. The topological polar surface area (TPSA) is 67.1 Å². The summed E-state index contributed by atoms with van der Waals surface area (Å²) in [6, 6.07) is 0.649. The van der Waals surface area contributed by atoms with E-state index < -0.39 is 0 Å². The van der Waals surface area contributed by atoms with Gasteiger partial charge in [0.2, 0.25) is 0 Å². The molecule has 0 spiro atoms. The molecule has 1 aromatic rings. The highest BCUT2D eigenvalue weighted by atomic mass is 79.9. The van der Waals surface area contributed by atoms with Crippen molar-refractivity contribution in [3.63, 3.8) is 0 Å². The summed E-state index contributed by atoms with van der Waals surface area (Å²) in [6.07, 6.45) is 8.19. The van der Waals surface area contributed by atoms with Crippen LogP contribution in [-0.2, 0) is 0 Å². The van der Waals surface area contributed by atoms with Gasteiger partial charge in [-0.1, -0.05) is 6.42 Å². The van der Waals surface area contributed by atoms with Gasteiger partial charge < -0.3 is 10.3 Å². The van der Waals surface area contributed by atoms with Gasteiger partial charge >= 0.3 is 0 Å². The lowest BCUT2D eigenvalue weighted by atomic mass is 9.92. The molecule has 1 aromatic heterocycles. The van der Waals surface area contributed by atoms with Gasteiger partial charge in [-0.15, -0.1) is 0 Å². The number of nitrogens with one attached hydrogen (secondary N) is 1. The van der Waals surface area contributed by atoms with Gasteiger partial charge in [0.25, 0.3) is 0 Å². The molecule has 1 saturated heterocycles. The van der Waals surface area contributed by atoms with Gasteiger partial charge in [0, 0.05) is 12.6 Å². The number of hydrogen-bond acceptors (Lipinski definition) is 5. The minimum Gasteiger partial charge on any atom is -0.352 e. The van der Waals surface area contributed by atoms with Crippen molar-refractivity contribution in [1.29, 1.82) is 0 Å². The molecule has 0 bridgehead atoms. The van der Waals surface area contributed by atoms with Gasteiger partial charge in [0.05, 0.1) is 0 Å². The van der Waals surface area contributed by atoms with Gasteiger partial charge in [0.15, 0.2) is 5.82 Å². The molecular formula is C12H18BrN5. The van der Waals surface area contributed by atoms with Crippen molar-refractivity contribution in [1.82, 2.24) is 9.97 Å². The fourth-order valence-electron chi connectivity index (χ4n) is 3.38. The number of piperidine rings is 1. The van der Waals surface area contributed by atoms with Crippen LogP contribution in [0.4, 0.5) is 11.6 Å². The third-order valence-corrected chi connectivity index (χ3v) is 4.90. The van der Waals surface area contributed by atoms with E-state index in [4.69, 9.17) is 5.84 Å². The number of anilines is 2. The van der Waals surface area contributed by atoms with Gasteiger partial charge in [-0.3, -0.25) is 0 Å². The van der Waals surface area contributed by atoms with Crippen LogP contribution in [0.1, 0.15) is 32.1 Å². The van der Waals surface area contributed by atoms with E-state index in [0.717, 1.165) is 22.8 Å². The third-order valence-electron chi connectivity index (χ3n) is 4.17. The number of hydrazine groups is 1. The summed E-state index contributed by atoms with van der Waals surface area (Å²) in [7, 11) is 0. The molecule has 1 aliphatic carbocycles. The average molecular weight is 312 g/mol. The van der Waals surface area contributed by atoms with E-state index >= 15 is 0 Å². The zero-order chi connectivity index (χ0) is 12.5. The van der Waals surface area contributed by atoms with Crippen molar-refractivity contribution in [2.45, 2.75) is 38.1 Å². The minimum absolute atomic E-state index is 0.649. The molecule has 18 heavy (non-hydrogen) atoms. The quantitative estimate of drug-likeness (QED) is 0.648. The van der Waals surface area contributed by atoms with Crippen molar-refractivity contribution >= 4 is 27.6 Å². The molecule has 2 unspecified atom stereocenters. The van der Waals surface area contributed by atoms with Crippen molar-refractivity contribution in [2.24, 2.45) is 11.8 Å². The monoisotopic (exact) mass is 311 g/mol. The van der Waals surface area contributed by atoms with Crippen LogP contribution in [0.5, 0.6) is 0 Å². The summed E-state index contributed by atoms with van der Waals surface area (Å²) < 4.78 is 0.875. The standard InChI is InChI=1S/C12H18BrN5/c13-10-11(17-14)15-7-16-12(10)18-6-2-4-8-3-1-5-9(8)18/h7-9H,1-6,14H2,(H,15,16,17). The molecule has 0 aromatic carbocycles. The molecular weight excluding hydrogens is 294 g/mol. The maximum Gasteiger partial charge on any atom is 0.159 e. The van der Waals surface area contributed by atoms with Gasteiger partial charge in [-0.05, 0) is 47.5 Å². The maximum absolute atomic E-state index is 5.47. The van der Waals surface area contributed by atoms with E-state index in [9.17, 15) is 0 Å². The first kappa shape index (κ1) is 12.2. The van der Waals surface area contributed by atoms with E-state index in [-0.39, 0.29) is 0 Å². The van der Waals surface area contributed by atoms with Gasteiger partial charge in [-0.25, -0.2) is 15.8 Å². The number of nitrogens with two attached hydrogens (primary N) is 1. The molecule has 5 nitrogen and oxygen atoms in total. The number of rotatable bonds is 2. The van der Waals surface area contributed by atoms with E-state index in [2.05, 4.69) is 36.2 Å². The number of nitrogen functional groups attached to an aromatic ring is 1. The van der Waals surface area contributed by atoms with E-state index in [1.54, 1.807) is 6.33 Å². The highest BCUT2D eigenvalue weighted by molar-refractivity contribution is 9.10. The smallest absolute Gasteiger partial charge is 0.159 e. The Morgan fingerprint density at radius 1 is 1.28 bits per heavy atom. The van der Waals surface area contributed by atoms with E-state index in [1.807, 2.05) is 0 Å². The van der Waals surface area contributed by atoms with Crippen LogP contribution in [0.15, 0.2) is 10.8 Å². The number of aromatic nitrogens is 2. The number of halogens is 1. The lowest BCUT2D eigenvalue weighted by molar-refractivity contribution is 0.360. The molecule has 0 amide bonds. The molecule has 6 heteroatoms. The Labute approximate surface area is 115 Å². The maximum atomic E-state index is 5.47. The van der Waals surface area contributed by atoms with Crippen molar-refractivity contribution < 1.29 is 0 Å². The van der Waals surface area contributed by atoms with Crippen LogP contribution in [0.2, 0.25) is 0 Å². The molecule has 3 rings (SSSR count). The van der Waals surface area contributed by atoms with Crippen molar-refractivity contribution in [3.8, 4) is 0 Å². The second kappa shape index (κ2) is 5.01. The first-order chi connectivity index (χ1) is 8.81. The molecule has 3 N–H and O–H groups in total. The second-order valence-electron chi connectivity index (χ2n) is 5.10. The third kappa shape index (κ3) is 1.97. The molecule has 0 radical (unpaired) electrons. The summed E-state index contributed by atoms with van der Waals surface area (Å²) in [5, 5.41) is 0. The lowest BCUT2D eigenvalue weighted by Crippen LogP contribution is -2.43. The van der Waals surface area contributed by atoms with E-state index in [1.165, 1.54) is 32.1 Å². The summed E-state index contributed by atoms with van der Waals surface area (Å²) in [6.45, 7) is 1.08. The Hall–Kier alpha value is -0.880. The highest BCUT2D eigenvalue weighted by Crippen LogP contribution is 2.41. The van der Waals surface area contributed by atoms with Gasteiger partial charge in [0.1, 0.15) is 16.6 Å². The molecule has 98 valence electrons.